The Labute approximate surface area is 234 Å². The van der Waals surface area contributed by atoms with Crippen molar-refractivity contribution in [3.05, 3.63) is 57.8 Å². The lowest BCUT2D eigenvalue weighted by molar-refractivity contribution is 0.103. The van der Waals surface area contributed by atoms with E-state index in [1.807, 2.05) is 0 Å². The molecule has 214 valence electrons. The van der Waals surface area contributed by atoms with E-state index in [1.165, 1.54) is 26.1 Å². The number of anilines is 1. The maximum atomic E-state index is 15.9. The van der Waals surface area contributed by atoms with Crippen LogP contribution in [0.2, 0.25) is 0 Å². The molecule has 0 aliphatic carbocycles. The van der Waals surface area contributed by atoms with Crippen LogP contribution in [0.1, 0.15) is 56.0 Å². The molecule has 0 fully saturated rings. The van der Waals surface area contributed by atoms with Crippen molar-refractivity contribution in [2.45, 2.75) is 40.0 Å². The van der Waals surface area contributed by atoms with Gasteiger partial charge in [0.2, 0.25) is 35.9 Å². The molecule has 0 saturated heterocycles. The van der Waals surface area contributed by atoms with Crippen LogP contribution in [0, 0.1) is 11.6 Å². The Bertz CT molecular complexity index is 1720. The van der Waals surface area contributed by atoms with Gasteiger partial charge in [0.1, 0.15) is 11.5 Å². The summed E-state index contributed by atoms with van der Waals surface area (Å²) in [7, 11) is -13.3. The fraction of sp³-hybridized carbons (Fsp3) is 0.391. The first-order valence-electron chi connectivity index (χ1n) is 11.8. The quantitative estimate of drug-likeness (QED) is 0.262. The Morgan fingerprint density at radius 2 is 1.51 bits per heavy atom. The van der Waals surface area contributed by atoms with Gasteiger partial charge in [0.25, 0.3) is 0 Å². The Morgan fingerprint density at radius 1 is 0.949 bits per heavy atom. The molecule has 1 aromatic carbocycles. The zero-order valence-electron chi connectivity index (χ0n) is 21.2. The molecule has 0 amide bonds. The summed E-state index contributed by atoms with van der Waals surface area (Å²) in [4.78, 5) is 17.6. The van der Waals surface area contributed by atoms with Gasteiger partial charge in [-0.1, -0.05) is 20.8 Å². The summed E-state index contributed by atoms with van der Waals surface area (Å²) in [6.45, 7) is 4.58. The Morgan fingerprint density at radius 3 is 2.05 bits per heavy atom. The summed E-state index contributed by atoms with van der Waals surface area (Å²) in [5, 5.41) is -0.0488. The van der Waals surface area contributed by atoms with Crippen LogP contribution >= 0.6 is 15.9 Å². The fourth-order valence-corrected chi connectivity index (χ4v) is 9.78. The second-order valence-electron chi connectivity index (χ2n) is 8.59. The molecule has 0 radical (unpaired) electrons. The van der Waals surface area contributed by atoms with Gasteiger partial charge in [-0.2, -0.15) is 3.71 Å². The average Bonchev–Trinajstić information content (AvgIpc) is 3.20. The van der Waals surface area contributed by atoms with Crippen LogP contribution in [0.3, 0.4) is 0 Å². The van der Waals surface area contributed by atoms with E-state index in [2.05, 4.69) is 20.9 Å². The highest BCUT2D eigenvalue weighted by atomic mass is 79.9. The molecule has 0 N–H and O–H groups in total. The average molecular weight is 671 g/mol. The molecule has 3 rings (SSSR count). The maximum Gasteiger partial charge on any atom is 0.248 e. The fourth-order valence-electron chi connectivity index (χ4n) is 3.98. The molecular weight excluding hydrogens is 644 g/mol. The molecule has 0 unspecified atom stereocenters. The highest BCUT2D eigenvalue weighted by Gasteiger charge is 2.37. The lowest BCUT2D eigenvalue weighted by Gasteiger charge is -2.24. The molecule has 0 aliphatic rings. The molecule has 3 aromatic rings. The summed E-state index contributed by atoms with van der Waals surface area (Å²) < 4.78 is 109. The zero-order valence-corrected chi connectivity index (χ0v) is 25.2. The lowest BCUT2D eigenvalue weighted by Crippen LogP contribution is -2.40. The largest absolute Gasteiger partial charge is 0.288 e. The summed E-state index contributed by atoms with van der Waals surface area (Å²) in [6.07, 6.45) is 2.42. The van der Waals surface area contributed by atoms with Crippen LogP contribution in [-0.4, -0.2) is 57.3 Å². The molecular formula is C23H26BrF2N3O7S3. The third-order valence-corrected chi connectivity index (χ3v) is 12.4. The third-order valence-electron chi connectivity index (χ3n) is 5.51. The summed E-state index contributed by atoms with van der Waals surface area (Å²) in [5.41, 5.74) is -2.89. The zero-order chi connectivity index (χ0) is 29.3. The highest BCUT2D eigenvalue weighted by Crippen LogP contribution is 2.33. The van der Waals surface area contributed by atoms with E-state index in [0.29, 0.717) is 16.6 Å². The molecule has 39 heavy (non-hydrogen) atoms. The monoisotopic (exact) mass is 669 g/mol. The number of hydrogen-bond acceptors (Lipinski definition) is 8. The summed E-state index contributed by atoms with van der Waals surface area (Å²) in [5.74, 6) is -6.07. The molecule has 0 aliphatic heterocycles. The first kappa shape index (κ1) is 31.1. The molecule has 16 heteroatoms. The first-order valence-corrected chi connectivity index (χ1v) is 17.4. The van der Waals surface area contributed by atoms with E-state index in [0.717, 1.165) is 10.2 Å². The minimum absolute atomic E-state index is 0.00267. The number of nitrogens with zero attached hydrogens (tertiary/aromatic N) is 3. The Balaban J connectivity index is 2.34. The van der Waals surface area contributed by atoms with Crippen LogP contribution in [0.15, 0.2) is 35.1 Å². The number of ketones is 1. The van der Waals surface area contributed by atoms with Crippen molar-refractivity contribution in [1.82, 2.24) is 8.96 Å². The van der Waals surface area contributed by atoms with E-state index in [4.69, 9.17) is 0 Å². The SMILES string of the molecule is CCCS(=O)(=O)N(c1ccc(F)c(C(=O)c2cn(S(=O)(=O)CCC)c3ncc(Br)cc23)c1F)S(=O)(=O)CCC. The van der Waals surface area contributed by atoms with Crippen molar-refractivity contribution in [3.63, 3.8) is 0 Å². The highest BCUT2D eigenvalue weighted by molar-refractivity contribution is 9.10. The van der Waals surface area contributed by atoms with Crippen molar-refractivity contribution < 1.29 is 38.8 Å². The van der Waals surface area contributed by atoms with E-state index in [-0.39, 0.29) is 39.8 Å². The number of pyridine rings is 1. The van der Waals surface area contributed by atoms with Gasteiger partial charge < -0.3 is 0 Å². The molecule has 10 nitrogen and oxygen atoms in total. The summed E-state index contributed by atoms with van der Waals surface area (Å²) >= 11 is 3.17. The minimum Gasteiger partial charge on any atom is -0.288 e. The van der Waals surface area contributed by atoms with Crippen LogP contribution in [0.25, 0.3) is 11.0 Å². The van der Waals surface area contributed by atoms with Crippen molar-refractivity contribution in [2.24, 2.45) is 0 Å². The lowest BCUT2D eigenvalue weighted by atomic mass is 10.0. The summed E-state index contributed by atoms with van der Waals surface area (Å²) in [6, 6.07) is 2.56. The molecule has 2 aromatic heterocycles. The van der Waals surface area contributed by atoms with E-state index >= 15 is 8.78 Å². The van der Waals surface area contributed by atoms with Crippen LogP contribution < -0.4 is 3.71 Å². The maximum absolute atomic E-state index is 15.9. The molecule has 0 atom stereocenters. The first-order chi connectivity index (χ1) is 18.1. The minimum atomic E-state index is -4.64. The number of aromatic nitrogens is 2. The Kier molecular flexibility index (Phi) is 9.24. The molecule has 0 bridgehead atoms. The van der Waals surface area contributed by atoms with Crippen LogP contribution in [0.4, 0.5) is 14.5 Å². The van der Waals surface area contributed by atoms with E-state index in [9.17, 15) is 30.0 Å². The normalized spacial score (nSPS) is 12.7. The van der Waals surface area contributed by atoms with Gasteiger partial charge >= 0.3 is 0 Å². The Hall–Kier alpha value is -2.43. The van der Waals surface area contributed by atoms with Crippen molar-refractivity contribution in [2.75, 3.05) is 21.0 Å². The van der Waals surface area contributed by atoms with Gasteiger partial charge in [-0.05, 0) is 53.4 Å². The number of rotatable bonds is 12. The number of carbonyl (C=O) groups excluding carboxylic acids is 1. The third kappa shape index (κ3) is 6.02. The van der Waals surface area contributed by atoms with Gasteiger partial charge in [-0.25, -0.2) is 43.0 Å². The molecule has 2 heterocycles. The molecule has 0 spiro atoms. The van der Waals surface area contributed by atoms with Gasteiger partial charge in [-0.3, -0.25) is 4.79 Å². The number of carbonyl (C=O) groups is 1. The smallest absolute Gasteiger partial charge is 0.248 e. The number of halogens is 3. The van der Waals surface area contributed by atoms with Crippen LogP contribution in [0.5, 0.6) is 0 Å². The van der Waals surface area contributed by atoms with Crippen LogP contribution in [-0.2, 0) is 30.1 Å². The topological polar surface area (TPSA) is 141 Å². The van der Waals surface area contributed by atoms with Crippen molar-refractivity contribution in [1.29, 1.82) is 0 Å². The van der Waals surface area contributed by atoms with Gasteiger partial charge in [0, 0.05) is 22.3 Å². The standard InChI is InChI=1S/C23H26BrF2N3O7S3/c1-4-9-37(31,32)28-14-17(16-12-15(24)13-27-23(16)28)22(30)20-18(25)7-8-19(21(20)26)29(38(33,34)10-5-2)39(35,36)11-6-3/h7-8,12-14H,4-6,9-11H2,1-3H3. The number of fused-ring (bicyclic) bond motifs is 1. The second-order valence-corrected chi connectivity index (χ2v) is 15.6. The molecule has 0 saturated carbocycles. The number of benzene rings is 1. The van der Waals surface area contributed by atoms with Crippen molar-refractivity contribution in [3.8, 4) is 0 Å². The van der Waals surface area contributed by atoms with E-state index < -0.39 is 75.8 Å². The van der Waals surface area contributed by atoms with Gasteiger partial charge in [0.05, 0.1) is 28.4 Å². The van der Waals surface area contributed by atoms with Gasteiger partial charge in [0.15, 0.2) is 11.5 Å². The predicted octanol–water partition coefficient (Wildman–Crippen LogP) is 4.18. The number of sulfonamides is 2. The second kappa shape index (κ2) is 11.6. The van der Waals surface area contributed by atoms with E-state index in [1.54, 1.807) is 6.92 Å². The van der Waals surface area contributed by atoms with Crippen molar-refractivity contribution >= 4 is 68.5 Å². The number of hydrogen-bond donors (Lipinski definition) is 0. The van der Waals surface area contributed by atoms with Gasteiger partial charge in [-0.15, -0.1) is 0 Å². The predicted molar refractivity (Wildman–Crippen MR) is 147 cm³/mol.